The van der Waals surface area contributed by atoms with Crippen LogP contribution in [0.3, 0.4) is 0 Å². The summed E-state index contributed by atoms with van der Waals surface area (Å²) in [7, 11) is 0. The molecule has 3 N–H and O–H groups in total. The van der Waals surface area contributed by atoms with Gasteiger partial charge in [0.25, 0.3) is 5.91 Å². The smallest absolute Gasteiger partial charge is 0.285 e. The Kier molecular flexibility index (Phi) is 5.62. The molecule has 1 fully saturated rings. The molecule has 0 saturated carbocycles. The molecule has 0 aliphatic carbocycles. The second kappa shape index (κ2) is 7.47. The first-order chi connectivity index (χ1) is 10.9. The van der Waals surface area contributed by atoms with Crippen molar-refractivity contribution in [3.63, 3.8) is 0 Å². The highest BCUT2D eigenvalue weighted by Crippen LogP contribution is 2.33. The zero-order valence-electron chi connectivity index (χ0n) is 12.4. The van der Waals surface area contributed by atoms with Gasteiger partial charge in [-0.05, 0) is 36.8 Å². The third-order valence-electron chi connectivity index (χ3n) is 3.09. The lowest BCUT2D eigenvalue weighted by Crippen LogP contribution is -2.44. The van der Waals surface area contributed by atoms with E-state index in [1.165, 1.54) is 24.3 Å². The van der Waals surface area contributed by atoms with Crippen LogP contribution in [0.25, 0.3) is 6.08 Å². The lowest BCUT2D eigenvalue weighted by molar-refractivity contribution is -0.133. The number of phenols is 2. The van der Waals surface area contributed by atoms with Crippen LogP contribution in [0.1, 0.15) is 31.7 Å². The summed E-state index contributed by atoms with van der Waals surface area (Å²) >= 11 is 6.14. The summed E-state index contributed by atoms with van der Waals surface area (Å²) in [5.41, 5.74) is 2.87. The number of rotatable bonds is 5. The molecule has 0 spiro atoms. The number of phenolic OH excluding ortho intramolecular Hbond substituents is 2. The van der Waals surface area contributed by atoms with E-state index < -0.39 is 5.91 Å². The lowest BCUT2D eigenvalue weighted by Gasteiger charge is -2.15. The minimum absolute atomic E-state index is 0.0737. The van der Waals surface area contributed by atoms with Gasteiger partial charge in [-0.15, -0.1) is 0 Å². The van der Waals surface area contributed by atoms with Crippen molar-refractivity contribution in [3.05, 3.63) is 28.7 Å². The fraction of sp³-hybridized carbons (Fsp3) is 0.267. The summed E-state index contributed by atoms with van der Waals surface area (Å²) in [6.45, 7) is 1.97. The number of benzene rings is 1. The number of carbonyl (C=O) groups is 2. The Morgan fingerprint density at radius 3 is 2.83 bits per heavy atom. The number of aromatic hydroxyl groups is 2. The van der Waals surface area contributed by atoms with Gasteiger partial charge < -0.3 is 10.2 Å². The number of thiocarbonyl (C=S) groups is 1. The second-order valence-electron chi connectivity index (χ2n) is 4.90. The minimum Gasteiger partial charge on any atom is -0.508 e. The maximum atomic E-state index is 12.3. The van der Waals surface area contributed by atoms with Gasteiger partial charge in [0.15, 0.2) is 4.32 Å². The summed E-state index contributed by atoms with van der Waals surface area (Å²) in [4.78, 5) is 24.3. The van der Waals surface area contributed by atoms with E-state index in [1.807, 2.05) is 6.92 Å². The summed E-state index contributed by atoms with van der Waals surface area (Å²) in [6.07, 6.45) is 3.40. The third kappa shape index (κ3) is 4.23. The molecule has 1 saturated heterocycles. The van der Waals surface area contributed by atoms with Gasteiger partial charge in [-0.1, -0.05) is 25.1 Å². The van der Waals surface area contributed by atoms with Gasteiger partial charge >= 0.3 is 0 Å². The fourth-order valence-corrected chi connectivity index (χ4v) is 3.05. The summed E-state index contributed by atoms with van der Waals surface area (Å²) in [5.74, 6) is -0.938. The maximum Gasteiger partial charge on any atom is 0.285 e. The topological polar surface area (TPSA) is 89.9 Å². The Balaban J connectivity index is 2.14. The lowest BCUT2D eigenvalue weighted by atomic mass is 10.1. The van der Waals surface area contributed by atoms with Gasteiger partial charge in [-0.3, -0.25) is 15.0 Å². The van der Waals surface area contributed by atoms with Gasteiger partial charge in [0.05, 0.1) is 4.91 Å². The molecule has 8 heteroatoms. The number of hydrazine groups is 1. The summed E-state index contributed by atoms with van der Waals surface area (Å²) in [6, 6.07) is 4.06. The van der Waals surface area contributed by atoms with E-state index in [0.717, 1.165) is 29.6 Å². The molecule has 6 nitrogen and oxygen atoms in total. The molecule has 0 aromatic heterocycles. The Morgan fingerprint density at radius 1 is 1.43 bits per heavy atom. The number of thioether (sulfide) groups is 1. The van der Waals surface area contributed by atoms with Crippen LogP contribution in [0.2, 0.25) is 0 Å². The minimum atomic E-state index is -0.447. The Hall–Kier alpha value is -2.06. The van der Waals surface area contributed by atoms with Crippen LogP contribution in [-0.2, 0) is 9.59 Å². The highest BCUT2D eigenvalue weighted by Gasteiger charge is 2.33. The Bertz CT molecular complexity index is 688. The van der Waals surface area contributed by atoms with E-state index in [4.69, 9.17) is 12.2 Å². The molecule has 1 aromatic rings. The van der Waals surface area contributed by atoms with Crippen molar-refractivity contribution in [3.8, 4) is 11.5 Å². The van der Waals surface area contributed by atoms with E-state index in [0.29, 0.717) is 12.0 Å². The standard InChI is InChI=1S/C15H16N2O4S2/c1-2-3-4-13(20)16-17-14(21)12(23-15(17)22)7-9-5-6-10(18)8-11(9)19/h5-8,18-19H,2-4H2,1H3,(H,16,20)/b12-7+. The summed E-state index contributed by atoms with van der Waals surface area (Å²) in [5, 5.41) is 20.1. The van der Waals surface area contributed by atoms with Gasteiger partial charge in [0, 0.05) is 18.1 Å². The third-order valence-corrected chi connectivity index (χ3v) is 4.39. The van der Waals surface area contributed by atoms with E-state index in [9.17, 15) is 19.8 Å². The zero-order valence-corrected chi connectivity index (χ0v) is 14.0. The van der Waals surface area contributed by atoms with Crippen molar-refractivity contribution in [2.45, 2.75) is 26.2 Å². The molecule has 2 amide bonds. The van der Waals surface area contributed by atoms with E-state index in [-0.39, 0.29) is 26.6 Å². The average Bonchev–Trinajstić information content (AvgIpc) is 2.75. The van der Waals surface area contributed by atoms with Gasteiger partial charge in [0.2, 0.25) is 5.91 Å². The number of hydrogen-bond acceptors (Lipinski definition) is 6. The van der Waals surface area contributed by atoms with E-state index in [2.05, 4.69) is 5.43 Å². The number of amides is 2. The van der Waals surface area contributed by atoms with Crippen LogP contribution in [-0.4, -0.2) is 31.4 Å². The molecule has 122 valence electrons. The van der Waals surface area contributed by atoms with Crippen molar-refractivity contribution >= 4 is 46.2 Å². The fourth-order valence-electron chi connectivity index (χ4n) is 1.88. The highest BCUT2D eigenvalue weighted by atomic mass is 32.2. The second-order valence-corrected chi connectivity index (χ2v) is 6.57. The van der Waals surface area contributed by atoms with Gasteiger partial charge in [-0.25, -0.2) is 0 Å². The number of unbranched alkanes of at least 4 members (excludes halogenated alkanes) is 1. The number of nitrogens with one attached hydrogen (secondary N) is 1. The Morgan fingerprint density at radius 2 is 2.17 bits per heavy atom. The Labute approximate surface area is 143 Å². The largest absolute Gasteiger partial charge is 0.508 e. The summed E-state index contributed by atoms with van der Waals surface area (Å²) < 4.78 is 0.226. The molecular formula is C15H16N2O4S2. The zero-order chi connectivity index (χ0) is 17.0. The normalized spacial score (nSPS) is 16.2. The molecule has 23 heavy (non-hydrogen) atoms. The van der Waals surface area contributed by atoms with Crippen molar-refractivity contribution in [1.82, 2.24) is 10.4 Å². The molecule has 1 aliphatic rings. The SMILES string of the molecule is CCCCC(=O)NN1C(=O)/C(=C\c2ccc(O)cc2O)SC1=S. The van der Waals surface area contributed by atoms with Crippen LogP contribution >= 0.6 is 24.0 Å². The molecule has 0 atom stereocenters. The first-order valence-corrected chi connectivity index (χ1v) is 8.24. The first-order valence-electron chi connectivity index (χ1n) is 7.01. The van der Waals surface area contributed by atoms with Crippen LogP contribution in [0, 0.1) is 0 Å². The molecule has 1 aliphatic heterocycles. The number of carbonyl (C=O) groups excluding carboxylic acids is 2. The van der Waals surface area contributed by atoms with Crippen LogP contribution in [0.5, 0.6) is 11.5 Å². The molecule has 0 unspecified atom stereocenters. The predicted molar refractivity (Wildman–Crippen MR) is 92.5 cm³/mol. The van der Waals surface area contributed by atoms with Gasteiger partial charge in [-0.2, -0.15) is 5.01 Å². The first kappa shape index (κ1) is 17.3. The van der Waals surface area contributed by atoms with Gasteiger partial charge in [0.1, 0.15) is 11.5 Å². The molecule has 0 radical (unpaired) electrons. The van der Waals surface area contributed by atoms with Crippen molar-refractivity contribution in [2.75, 3.05) is 0 Å². The molecule has 1 aromatic carbocycles. The number of hydrogen-bond donors (Lipinski definition) is 3. The molecule has 1 heterocycles. The van der Waals surface area contributed by atoms with E-state index >= 15 is 0 Å². The van der Waals surface area contributed by atoms with Crippen LogP contribution in [0.4, 0.5) is 0 Å². The van der Waals surface area contributed by atoms with Crippen molar-refractivity contribution < 1.29 is 19.8 Å². The van der Waals surface area contributed by atoms with Crippen LogP contribution < -0.4 is 5.43 Å². The van der Waals surface area contributed by atoms with Crippen molar-refractivity contribution in [2.24, 2.45) is 0 Å². The number of nitrogens with zero attached hydrogens (tertiary/aromatic N) is 1. The predicted octanol–water partition coefficient (Wildman–Crippen LogP) is 2.52. The van der Waals surface area contributed by atoms with Crippen LogP contribution in [0.15, 0.2) is 23.1 Å². The molecule has 0 bridgehead atoms. The molecular weight excluding hydrogens is 336 g/mol. The quantitative estimate of drug-likeness (QED) is 0.557. The van der Waals surface area contributed by atoms with Crippen molar-refractivity contribution in [1.29, 1.82) is 0 Å². The monoisotopic (exact) mass is 352 g/mol. The molecule has 2 rings (SSSR count). The maximum absolute atomic E-state index is 12.3. The highest BCUT2D eigenvalue weighted by molar-refractivity contribution is 8.26. The average molecular weight is 352 g/mol. The van der Waals surface area contributed by atoms with E-state index in [1.54, 1.807) is 0 Å².